The van der Waals surface area contributed by atoms with Crippen molar-refractivity contribution in [3.05, 3.63) is 0 Å². The van der Waals surface area contributed by atoms with Crippen molar-refractivity contribution in [1.29, 1.82) is 0 Å². The van der Waals surface area contributed by atoms with Gasteiger partial charge in [-0.1, -0.05) is 0 Å². The second kappa shape index (κ2) is 3.00. The van der Waals surface area contributed by atoms with Gasteiger partial charge >= 0.3 is 6.18 Å². The first-order valence-corrected chi connectivity index (χ1v) is 2.34. The Morgan fingerprint density at radius 3 is 1.89 bits per heavy atom. The van der Waals surface area contributed by atoms with Gasteiger partial charge in [-0.3, -0.25) is 0 Å². The fourth-order valence-corrected chi connectivity index (χ4v) is 0.352. The van der Waals surface area contributed by atoms with Crippen LogP contribution in [0.15, 0.2) is 0 Å². The molecule has 0 aliphatic rings. The Hall–Kier alpha value is -0.320. The van der Waals surface area contributed by atoms with Gasteiger partial charge < -0.3 is 5.73 Å². The van der Waals surface area contributed by atoms with Crippen LogP contribution >= 0.6 is 0 Å². The van der Waals surface area contributed by atoms with E-state index in [1.54, 1.807) is 0 Å². The summed E-state index contributed by atoms with van der Waals surface area (Å²) < 4.78 is 45.0. The maximum absolute atomic E-state index is 11.3. The van der Waals surface area contributed by atoms with Gasteiger partial charge in [0.2, 0.25) is 0 Å². The molecular weight excluding hydrogens is 138 g/mol. The lowest BCUT2D eigenvalue weighted by Gasteiger charge is -2.08. The molecule has 0 radical (unpaired) electrons. The van der Waals surface area contributed by atoms with Crippen molar-refractivity contribution in [3.8, 4) is 0 Å². The van der Waals surface area contributed by atoms with Crippen LogP contribution in [0.25, 0.3) is 0 Å². The molecule has 0 amide bonds. The number of hydrogen-bond donors (Lipinski definition) is 1. The van der Waals surface area contributed by atoms with Crippen LogP contribution in [0, 0.1) is 0 Å². The number of hydrogen-bond acceptors (Lipinski definition) is 1. The molecular formula is C4H7F4N. The Morgan fingerprint density at radius 1 is 1.33 bits per heavy atom. The quantitative estimate of drug-likeness (QED) is 0.581. The normalized spacial score (nSPS) is 15.7. The molecule has 0 aromatic rings. The second-order valence-electron chi connectivity index (χ2n) is 1.73. The standard InChI is InChI=1S/C4H7F4N/c5-2-3(9)1-4(6,7)8/h3H,1-2,9H2. The predicted molar refractivity (Wildman–Crippen MR) is 24.6 cm³/mol. The van der Waals surface area contributed by atoms with E-state index < -0.39 is 25.3 Å². The van der Waals surface area contributed by atoms with Crippen LogP contribution in [0.4, 0.5) is 17.6 Å². The third-order valence-corrected chi connectivity index (χ3v) is 0.692. The highest BCUT2D eigenvalue weighted by Crippen LogP contribution is 2.20. The summed E-state index contributed by atoms with van der Waals surface area (Å²) in [5.41, 5.74) is 4.66. The van der Waals surface area contributed by atoms with Crippen LogP contribution in [-0.4, -0.2) is 18.9 Å². The number of rotatable bonds is 2. The molecule has 1 nitrogen and oxygen atoms in total. The molecule has 0 heterocycles. The van der Waals surface area contributed by atoms with Crippen molar-refractivity contribution in [2.45, 2.75) is 18.6 Å². The molecule has 1 atom stereocenters. The molecule has 2 N–H and O–H groups in total. The molecule has 5 heteroatoms. The molecule has 0 rings (SSSR count). The average Bonchev–Trinajstić information content (AvgIpc) is 1.62. The Bertz CT molecular complexity index is 79.1. The van der Waals surface area contributed by atoms with Gasteiger partial charge in [-0.25, -0.2) is 4.39 Å². The minimum Gasteiger partial charge on any atom is -0.325 e. The van der Waals surface area contributed by atoms with Gasteiger partial charge in [0.05, 0.1) is 6.42 Å². The summed E-state index contributed by atoms with van der Waals surface area (Å²) in [6.45, 7) is -1.13. The maximum atomic E-state index is 11.3. The van der Waals surface area contributed by atoms with Crippen molar-refractivity contribution in [2.24, 2.45) is 5.73 Å². The van der Waals surface area contributed by atoms with Crippen LogP contribution in [0.5, 0.6) is 0 Å². The zero-order chi connectivity index (χ0) is 7.49. The zero-order valence-corrected chi connectivity index (χ0v) is 4.58. The Kier molecular flexibility index (Phi) is 2.90. The lowest BCUT2D eigenvalue weighted by atomic mass is 10.2. The van der Waals surface area contributed by atoms with Crippen LogP contribution in [0.2, 0.25) is 0 Å². The zero-order valence-electron chi connectivity index (χ0n) is 4.58. The average molecular weight is 145 g/mol. The number of alkyl halides is 4. The lowest BCUT2D eigenvalue weighted by molar-refractivity contribution is -0.138. The molecule has 0 spiro atoms. The van der Waals surface area contributed by atoms with Gasteiger partial charge in [0.1, 0.15) is 6.67 Å². The first kappa shape index (κ1) is 8.68. The summed E-state index contributed by atoms with van der Waals surface area (Å²) in [4.78, 5) is 0. The van der Waals surface area contributed by atoms with E-state index in [1.807, 2.05) is 0 Å². The second-order valence-corrected chi connectivity index (χ2v) is 1.73. The summed E-state index contributed by atoms with van der Waals surface area (Å²) >= 11 is 0. The molecule has 1 unspecified atom stereocenters. The van der Waals surface area contributed by atoms with E-state index in [0.717, 1.165) is 0 Å². The molecule has 0 aliphatic carbocycles. The Labute approximate surface area is 49.8 Å². The smallest absolute Gasteiger partial charge is 0.325 e. The molecule has 0 fully saturated rings. The molecule has 0 saturated heterocycles. The van der Waals surface area contributed by atoms with Crippen LogP contribution in [-0.2, 0) is 0 Å². The van der Waals surface area contributed by atoms with E-state index in [-0.39, 0.29) is 0 Å². The summed E-state index contributed by atoms with van der Waals surface area (Å²) in [5, 5.41) is 0. The van der Waals surface area contributed by atoms with E-state index in [1.165, 1.54) is 0 Å². The SMILES string of the molecule is NC(CF)CC(F)(F)F. The van der Waals surface area contributed by atoms with Crippen molar-refractivity contribution in [2.75, 3.05) is 6.67 Å². The number of nitrogens with two attached hydrogens (primary N) is 1. The van der Waals surface area contributed by atoms with Crippen molar-refractivity contribution in [3.63, 3.8) is 0 Å². The predicted octanol–water partition coefficient (Wildman–Crippen LogP) is 1.24. The highest BCUT2D eigenvalue weighted by atomic mass is 19.4. The maximum Gasteiger partial charge on any atom is 0.390 e. The molecule has 0 aromatic heterocycles. The van der Waals surface area contributed by atoms with Crippen LogP contribution in [0.3, 0.4) is 0 Å². The third-order valence-electron chi connectivity index (χ3n) is 0.692. The first-order valence-electron chi connectivity index (χ1n) is 2.34. The van der Waals surface area contributed by atoms with E-state index in [0.29, 0.717) is 0 Å². The largest absolute Gasteiger partial charge is 0.390 e. The lowest BCUT2D eigenvalue weighted by Crippen LogP contribution is -2.29. The van der Waals surface area contributed by atoms with E-state index in [4.69, 9.17) is 0 Å². The fourth-order valence-electron chi connectivity index (χ4n) is 0.352. The van der Waals surface area contributed by atoms with E-state index in [9.17, 15) is 17.6 Å². The molecule has 0 aromatic carbocycles. The summed E-state index contributed by atoms with van der Waals surface area (Å²) in [6.07, 6.45) is -5.59. The minimum atomic E-state index is -4.34. The Morgan fingerprint density at radius 2 is 1.78 bits per heavy atom. The van der Waals surface area contributed by atoms with E-state index in [2.05, 4.69) is 5.73 Å². The van der Waals surface area contributed by atoms with Crippen LogP contribution in [0.1, 0.15) is 6.42 Å². The minimum absolute atomic E-state index is 1.13. The molecule has 56 valence electrons. The van der Waals surface area contributed by atoms with Crippen molar-refractivity contribution < 1.29 is 17.6 Å². The van der Waals surface area contributed by atoms with Crippen molar-refractivity contribution >= 4 is 0 Å². The number of halogens is 4. The van der Waals surface area contributed by atoms with Gasteiger partial charge in [0, 0.05) is 6.04 Å². The highest BCUT2D eigenvalue weighted by Gasteiger charge is 2.29. The third kappa shape index (κ3) is 5.55. The molecule has 0 aliphatic heterocycles. The summed E-state index contributed by atoms with van der Waals surface area (Å²) in [5.74, 6) is 0. The van der Waals surface area contributed by atoms with Gasteiger partial charge in [-0.15, -0.1) is 0 Å². The molecule has 9 heavy (non-hydrogen) atoms. The fraction of sp³-hybridized carbons (Fsp3) is 1.00. The van der Waals surface area contributed by atoms with Crippen molar-refractivity contribution in [1.82, 2.24) is 0 Å². The van der Waals surface area contributed by atoms with Gasteiger partial charge in [0.15, 0.2) is 0 Å². The summed E-state index contributed by atoms with van der Waals surface area (Å²) in [7, 11) is 0. The van der Waals surface area contributed by atoms with Gasteiger partial charge in [-0.2, -0.15) is 13.2 Å². The van der Waals surface area contributed by atoms with E-state index >= 15 is 0 Å². The molecule has 0 bridgehead atoms. The molecule has 0 saturated carbocycles. The van der Waals surface area contributed by atoms with Gasteiger partial charge in [-0.05, 0) is 0 Å². The summed E-state index contributed by atoms with van der Waals surface area (Å²) in [6, 6.07) is -1.40. The first-order chi connectivity index (χ1) is 3.95. The Balaban J connectivity index is 3.47. The highest BCUT2D eigenvalue weighted by molar-refractivity contribution is 4.63. The van der Waals surface area contributed by atoms with Crippen LogP contribution < -0.4 is 5.73 Å². The van der Waals surface area contributed by atoms with Gasteiger partial charge in [0.25, 0.3) is 0 Å². The topological polar surface area (TPSA) is 26.0 Å². The monoisotopic (exact) mass is 145 g/mol.